The molecule has 5 aromatic rings. The van der Waals surface area contributed by atoms with Crippen LogP contribution in [0.15, 0.2) is 88.9 Å². The fourth-order valence-corrected chi connectivity index (χ4v) is 6.58. The Morgan fingerprint density at radius 2 is 1.77 bits per heavy atom. The zero-order valence-electron chi connectivity index (χ0n) is 30.3. The molecule has 17 heteroatoms. The largest absolute Gasteiger partial charge is 0.467 e. The number of ether oxygens (including phenoxy) is 1. The summed E-state index contributed by atoms with van der Waals surface area (Å²) in [7, 11) is 1.32. The van der Waals surface area contributed by atoms with E-state index in [-0.39, 0.29) is 35.9 Å². The Balaban J connectivity index is 1.06. The molecule has 1 fully saturated rings. The van der Waals surface area contributed by atoms with Gasteiger partial charge in [0.1, 0.15) is 6.04 Å². The molecule has 0 unspecified atom stereocenters. The number of anilines is 4. The molecule has 2 aliphatic rings. The number of aromatic amines is 1. The minimum atomic E-state index is -0.843. The summed E-state index contributed by atoms with van der Waals surface area (Å²) in [6.07, 6.45) is 3.71. The van der Waals surface area contributed by atoms with Gasteiger partial charge in [-0.1, -0.05) is 54.1 Å². The third kappa shape index (κ3) is 9.32. The van der Waals surface area contributed by atoms with Gasteiger partial charge in [-0.2, -0.15) is 15.0 Å². The van der Waals surface area contributed by atoms with Crippen molar-refractivity contribution in [2.24, 2.45) is 4.99 Å². The molecule has 284 valence electrons. The molecule has 1 saturated heterocycles. The number of H-pyrrole nitrogens is 1. The Hall–Kier alpha value is -6.70. The third-order valence-corrected chi connectivity index (χ3v) is 9.49. The fraction of sp³-hybridized carbons (Fsp3) is 0.256. The number of nitrogens with zero attached hydrogens (tertiary/aromatic N) is 8. The van der Waals surface area contributed by atoms with Crippen LogP contribution in [0.5, 0.6) is 0 Å². The molecule has 1 amide bonds. The second-order valence-electron chi connectivity index (χ2n) is 13.2. The average Bonchev–Trinajstić information content (AvgIpc) is 3.62. The van der Waals surface area contributed by atoms with Gasteiger partial charge in [-0.05, 0) is 41.0 Å². The van der Waals surface area contributed by atoms with Gasteiger partial charge in [0.05, 0.1) is 25.9 Å². The molecule has 1 atom stereocenters. The van der Waals surface area contributed by atoms with E-state index in [1.165, 1.54) is 19.5 Å². The highest BCUT2D eigenvalue weighted by Gasteiger charge is 2.25. The number of amides is 1. The summed E-state index contributed by atoms with van der Waals surface area (Å²) in [6.45, 7) is 10.4. The number of rotatable bonds is 13. The van der Waals surface area contributed by atoms with E-state index >= 15 is 0 Å². The Morgan fingerprint density at radius 1 is 0.982 bits per heavy atom. The highest BCUT2D eigenvalue weighted by Crippen LogP contribution is 2.30. The van der Waals surface area contributed by atoms with E-state index in [9.17, 15) is 14.4 Å². The van der Waals surface area contributed by atoms with Gasteiger partial charge in [0.25, 0.3) is 11.5 Å². The van der Waals surface area contributed by atoms with Crippen molar-refractivity contribution in [3.8, 4) is 0 Å². The number of halogens is 1. The van der Waals surface area contributed by atoms with E-state index in [0.717, 1.165) is 33.8 Å². The van der Waals surface area contributed by atoms with E-state index in [1.807, 2.05) is 42.5 Å². The number of benzene rings is 3. The van der Waals surface area contributed by atoms with Gasteiger partial charge in [0.2, 0.25) is 17.8 Å². The van der Waals surface area contributed by atoms with Crippen LogP contribution in [0.2, 0.25) is 5.02 Å². The van der Waals surface area contributed by atoms with Crippen molar-refractivity contribution in [2.45, 2.75) is 25.4 Å². The average molecular weight is 773 g/mol. The quantitative estimate of drug-likeness (QED) is 0.0948. The smallest absolute Gasteiger partial charge is 0.328 e. The summed E-state index contributed by atoms with van der Waals surface area (Å²) in [5.74, 6) is -0.269. The van der Waals surface area contributed by atoms with Gasteiger partial charge >= 0.3 is 5.97 Å². The third-order valence-electron chi connectivity index (χ3n) is 9.26. The zero-order chi connectivity index (χ0) is 39.0. The molecule has 0 saturated carbocycles. The van der Waals surface area contributed by atoms with E-state index in [1.54, 1.807) is 29.2 Å². The van der Waals surface area contributed by atoms with Crippen LogP contribution >= 0.6 is 11.6 Å². The first-order valence-electron chi connectivity index (χ1n) is 17.8. The van der Waals surface area contributed by atoms with Crippen molar-refractivity contribution in [3.63, 3.8) is 0 Å². The van der Waals surface area contributed by atoms with Crippen LogP contribution < -0.4 is 21.5 Å². The van der Waals surface area contributed by atoms with Crippen LogP contribution in [0.1, 0.15) is 27.2 Å². The first-order chi connectivity index (χ1) is 27.2. The van der Waals surface area contributed by atoms with Gasteiger partial charge in [-0.15, -0.1) is 0 Å². The minimum absolute atomic E-state index is 0.106. The topological polar surface area (TPSA) is 187 Å². The lowest BCUT2D eigenvalue weighted by molar-refractivity contribution is -0.141. The Labute approximate surface area is 326 Å². The SMILES string of the molecule is [C-]#[N+]c1ccc(C[C@H](Nc2nc(NCC3=Nc4cc(Cl)ccc4C3)nc(Nc3cccc(CN4CCN(C(=O)c5ncc[nH]c5=O)CC4)c3)n2)C(=O)OC)cc1. The maximum atomic E-state index is 13.0. The Kier molecular flexibility index (Phi) is 11.5. The molecule has 2 aromatic heterocycles. The monoisotopic (exact) mass is 772 g/mol. The number of hydrogen-bond donors (Lipinski definition) is 4. The van der Waals surface area contributed by atoms with Crippen molar-refractivity contribution in [2.75, 3.05) is 55.8 Å². The number of carbonyl (C=O) groups is 2. The molecule has 2 aliphatic heterocycles. The Morgan fingerprint density at radius 3 is 2.54 bits per heavy atom. The van der Waals surface area contributed by atoms with Gasteiger partial charge < -0.3 is 30.6 Å². The standard InChI is InChI=1S/C39H37ClN12O4/c1-41-28-10-6-24(7-11-28)19-32(36(55)56-2)47-39-49-37(44-22-30-20-26-8-9-27(40)21-31(26)45-30)48-38(50-39)46-29-5-3-4-25(18-29)23-51-14-16-52(17-15-51)35(54)33-34(53)43-13-12-42-33/h3-13,18,21,32H,14-17,19-20,22-23H2,2H3,(H,43,53)(H3,44,46,47,48,49,50)/t32-/m0/s1. The van der Waals surface area contributed by atoms with Crippen LogP contribution in [0.4, 0.5) is 34.9 Å². The van der Waals surface area contributed by atoms with E-state index in [2.05, 4.69) is 50.6 Å². The maximum absolute atomic E-state index is 13.0. The van der Waals surface area contributed by atoms with E-state index in [0.29, 0.717) is 56.4 Å². The lowest BCUT2D eigenvalue weighted by Crippen LogP contribution is -2.49. The molecular formula is C39H37ClN12O4. The maximum Gasteiger partial charge on any atom is 0.328 e. The molecule has 4 heterocycles. The lowest BCUT2D eigenvalue weighted by atomic mass is 10.1. The number of aromatic nitrogens is 5. The highest BCUT2D eigenvalue weighted by atomic mass is 35.5. The highest BCUT2D eigenvalue weighted by molar-refractivity contribution is 6.31. The normalized spacial score (nSPS) is 14.2. The van der Waals surface area contributed by atoms with E-state index < -0.39 is 17.6 Å². The summed E-state index contributed by atoms with van der Waals surface area (Å²) in [5, 5.41) is 10.3. The van der Waals surface area contributed by atoms with Crippen LogP contribution in [-0.2, 0) is 28.9 Å². The van der Waals surface area contributed by atoms with Crippen molar-refractivity contribution in [1.82, 2.24) is 34.7 Å². The van der Waals surface area contributed by atoms with Crippen molar-refractivity contribution >= 4 is 64.1 Å². The molecule has 7 rings (SSSR count). The van der Waals surface area contributed by atoms with Gasteiger partial charge in [0, 0.05) is 74.4 Å². The predicted molar refractivity (Wildman–Crippen MR) is 212 cm³/mol. The van der Waals surface area contributed by atoms with Crippen molar-refractivity contribution in [3.05, 3.63) is 128 Å². The number of fused-ring (bicyclic) bond motifs is 1. The minimum Gasteiger partial charge on any atom is -0.467 e. The molecule has 4 N–H and O–H groups in total. The lowest BCUT2D eigenvalue weighted by Gasteiger charge is -2.34. The summed E-state index contributed by atoms with van der Waals surface area (Å²) < 4.78 is 5.11. The van der Waals surface area contributed by atoms with Crippen LogP contribution in [0, 0.1) is 6.57 Å². The summed E-state index contributed by atoms with van der Waals surface area (Å²) in [4.78, 5) is 70.3. The molecule has 3 aromatic carbocycles. The first-order valence-corrected chi connectivity index (χ1v) is 18.2. The molecule has 0 radical (unpaired) electrons. The molecular weight excluding hydrogens is 736 g/mol. The zero-order valence-corrected chi connectivity index (χ0v) is 31.1. The second kappa shape index (κ2) is 17.2. The number of carbonyl (C=O) groups excluding carboxylic acids is 2. The number of aliphatic imine (C=N–C) groups is 1. The predicted octanol–water partition coefficient (Wildman–Crippen LogP) is 4.80. The van der Waals surface area contributed by atoms with Gasteiger partial charge in [-0.25, -0.2) is 14.6 Å². The van der Waals surface area contributed by atoms with E-state index in [4.69, 9.17) is 27.9 Å². The summed E-state index contributed by atoms with van der Waals surface area (Å²) in [5.41, 5.74) is 5.25. The number of hydrogen-bond acceptors (Lipinski definition) is 13. The number of piperazine rings is 1. The first kappa shape index (κ1) is 37.6. The van der Waals surface area contributed by atoms with Crippen LogP contribution in [-0.4, -0.2) is 98.2 Å². The van der Waals surface area contributed by atoms with Gasteiger partial charge in [-0.3, -0.25) is 19.5 Å². The number of esters is 1. The van der Waals surface area contributed by atoms with Crippen LogP contribution in [0.25, 0.3) is 4.85 Å². The summed E-state index contributed by atoms with van der Waals surface area (Å²) in [6, 6.07) is 19.6. The fourth-order valence-electron chi connectivity index (χ4n) is 6.41. The molecule has 0 spiro atoms. The second-order valence-corrected chi connectivity index (χ2v) is 13.6. The molecule has 0 bridgehead atoms. The summed E-state index contributed by atoms with van der Waals surface area (Å²) >= 11 is 6.18. The van der Waals surface area contributed by atoms with Crippen molar-refractivity contribution < 1.29 is 14.3 Å². The van der Waals surface area contributed by atoms with Gasteiger partial charge in [0.15, 0.2) is 11.4 Å². The molecule has 16 nitrogen and oxygen atoms in total. The number of nitrogens with one attached hydrogen (secondary N) is 4. The Bertz CT molecular complexity index is 2370. The van der Waals surface area contributed by atoms with Crippen LogP contribution in [0.3, 0.4) is 0 Å². The molecule has 56 heavy (non-hydrogen) atoms. The molecule has 0 aliphatic carbocycles. The number of methoxy groups -OCH3 is 1. The van der Waals surface area contributed by atoms with Crippen molar-refractivity contribution in [1.29, 1.82) is 0 Å².